The minimum atomic E-state index is -0.183. The van der Waals surface area contributed by atoms with Crippen molar-refractivity contribution < 1.29 is 9.53 Å². The van der Waals surface area contributed by atoms with Gasteiger partial charge in [0.05, 0.1) is 11.9 Å². The molecule has 138 valence electrons. The molecule has 0 bridgehead atoms. The van der Waals surface area contributed by atoms with Gasteiger partial charge in [0.15, 0.2) is 5.82 Å². The molecule has 2 atom stereocenters. The van der Waals surface area contributed by atoms with Crippen molar-refractivity contribution in [2.45, 2.75) is 32.1 Å². The lowest BCUT2D eigenvalue weighted by atomic mass is 9.90. The second-order valence-corrected chi connectivity index (χ2v) is 7.36. The zero-order valence-corrected chi connectivity index (χ0v) is 14.9. The maximum Gasteiger partial charge on any atom is 0.267 e. The second-order valence-electron chi connectivity index (χ2n) is 7.36. The van der Waals surface area contributed by atoms with Gasteiger partial charge in [0.25, 0.3) is 5.91 Å². The molecule has 2 heterocycles. The van der Waals surface area contributed by atoms with Crippen LogP contribution in [0.25, 0.3) is 0 Å². The first-order chi connectivity index (χ1) is 12.7. The van der Waals surface area contributed by atoms with Gasteiger partial charge in [-0.3, -0.25) is 9.78 Å². The third-order valence-electron chi connectivity index (χ3n) is 5.59. The van der Waals surface area contributed by atoms with Crippen LogP contribution in [0.3, 0.4) is 0 Å². The Balaban J connectivity index is 1.50. The van der Waals surface area contributed by atoms with Crippen molar-refractivity contribution in [1.82, 2.24) is 15.3 Å². The van der Waals surface area contributed by atoms with Crippen molar-refractivity contribution in [3.05, 3.63) is 29.9 Å². The van der Waals surface area contributed by atoms with E-state index in [9.17, 15) is 4.79 Å². The lowest BCUT2D eigenvalue weighted by molar-refractivity contribution is -0.117. The van der Waals surface area contributed by atoms with Gasteiger partial charge < -0.3 is 15.8 Å². The summed E-state index contributed by atoms with van der Waals surface area (Å²) in [4.78, 5) is 25.6. The van der Waals surface area contributed by atoms with Crippen LogP contribution in [0.15, 0.2) is 34.9 Å². The van der Waals surface area contributed by atoms with Crippen molar-refractivity contribution in [2.75, 3.05) is 19.8 Å². The number of aliphatic imine (C=N–C) groups is 1. The minimum Gasteiger partial charge on any atom is -0.394 e. The summed E-state index contributed by atoms with van der Waals surface area (Å²) in [5.74, 6) is 1.94. The zero-order chi connectivity index (χ0) is 17.9. The molecule has 4 rings (SSSR count). The van der Waals surface area contributed by atoms with Crippen LogP contribution in [0, 0.1) is 17.8 Å². The summed E-state index contributed by atoms with van der Waals surface area (Å²) in [7, 11) is 0. The van der Waals surface area contributed by atoms with E-state index in [1.165, 1.54) is 0 Å². The summed E-state index contributed by atoms with van der Waals surface area (Å²) in [6.07, 6.45) is 9.86. The van der Waals surface area contributed by atoms with Gasteiger partial charge in [-0.15, -0.1) is 0 Å². The highest BCUT2D eigenvalue weighted by Crippen LogP contribution is 2.50. The van der Waals surface area contributed by atoms with Gasteiger partial charge >= 0.3 is 0 Å². The SMILES string of the molecule is NC(C(=O)NCC1CCOCC1)=C1CCC2CC2C1=Nc1cnccn1. The van der Waals surface area contributed by atoms with Crippen LogP contribution < -0.4 is 11.1 Å². The number of fused-ring (bicyclic) bond motifs is 1. The average Bonchev–Trinajstić information content (AvgIpc) is 3.48. The van der Waals surface area contributed by atoms with Crippen LogP contribution in [-0.4, -0.2) is 41.3 Å². The summed E-state index contributed by atoms with van der Waals surface area (Å²) in [6, 6.07) is 0. The predicted molar refractivity (Wildman–Crippen MR) is 97.7 cm³/mol. The molecule has 2 saturated carbocycles. The number of carbonyl (C=O) groups is 1. The number of rotatable bonds is 4. The molecule has 1 aromatic rings. The fourth-order valence-electron chi connectivity index (χ4n) is 3.90. The van der Waals surface area contributed by atoms with Gasteiger partial charge in [0.1, 0.15) is 5.70 Å². The Bertz CT molecular complexity index is 725. The molecular formula is C19H25N5O2. The number of hydrogen-bond acceptors (Lipinski definition) is 6. The third kappa shape index (κ3) is 3.77. The van der Waals surface area contributed by atoms with Gasteiger partial charge in [0, 0.05) is 43.6 Å². The maximum atomic E-state index is 12.6. The van der Waals surface area contributed by atoms with Crippen LogP contribution in [0.4, 0.5) is 5.82 Å². The van der Waals surface area contributed by atoms with E-state index in [0.29, 0.717) is 35.8 Å². The van der Waals surface area contributed by atoms with Crippen molar-refractivity contribution in [2.24, 2.45) is 28.5 Å². The third-order valence-corrected chi connectivity index (χ3v) is 5.59. The van der Waals surface area contributed by atoms with Gasteiger partial charge in [-0.2, -0.15) is 0 Å². The first kappa shape index (κ1) is 17.1. The monoisotopic (exact) mass is 355 g/mol. The molecule has 0 aromatic carbocycles. The Kier molecular flexibility index (Phi) is 4.97. The molecule has 3 aliphatic rings. The molecular weight excluding hydrogens is 330 g/mol. The van der Waals surface area contributed by atoms with Gasteiger partial charge in [-0.25, -0.2) is 9.98 Å². The maximum absolute atomic E-state index is 12.6. The lowest BCUT2D eigenvalue weighted by Gasteiger charge is -2.23. The number of carbonyl (C=O) groups excluding carboxylic acids is 1. The highest BCUT2D eigenvalue weighted by Gasteiger charge is 2.46. The standard InChI is InChI=1S/C19H25N5O2/c20-17(19(25)23-10-12-3-7-26-8-4-12)14-2-1-13-9-15(13)18(14)24-16-11-21-5-6-22-16/h5-6,11-13,15H,1-4,7-10,20H2,(H,23,25). The number of allylic oxidation sites excluding steroid dienone is 1. The molecule has 7 heteroatoms. The number of nitrogens with two attached hydrogens (primary N) is 1. The van der Waals surface area contributed by atoms with Gasteiger partial charge in [0.2, 0.25) is 0 Å². The lowest BCUT2D eigenvalue weighted by Crippen LogP contribution is -2.36. The molecule has 26 heavy (non-hydrogen) atoms. The fraction of sp³-hybridized carbons (Fsp3) is 0.579. The Labute approximate surface area is 153 Å². The summed E-state index contributed by atoms with van der Waals surface area (Å²) < 4.78 is 5.36. The number of nitrogens with one attached hydrogen (secondary N) is 1. The zero-order valence-electron chi connectivity index (χ0n) is 14.9. The molecule has 1 aliphatic heterocycles. The van der Waals surface area contributed by atoms with Crippen LogP contribution in [0.1, 0.15) is 32.1 Å². The number of amides is 1. The largest absolute Gasteiger partial charge is 0.394 e. The van der Waals surface area contributed by atoms with Crippen molar-refractivity contribution in [1.29, 1.82) is 0 Å². The highest BCUT2D eigenvalue weighted by molar-refractivity contribution is 6.11. The molecule has 3 N–H and O–H groups in total. The average molecular weight is 355 g/mol. The topological polar surface area (TPSA) is 102 Å². The van der Waals surface area contributed by atoms with Crippen molar-refractivity contribution in [3.8, 4) is 0 Å². The Hall–Kier alpha value is -2.28. The second kappa shape index (κ2) is 7.53. The van der Waals surface area contributed by atoms with Crippen LogP contribution in [-0.2, 0) is 9.53 Å². The van der Waals surface area contributed by atoms with Crippen LogP contribution in [0.2, 0.25) is 0 Å². The molecule has 3 fully saturated rings. The Morgan fingerprint density at radius 2 is 2.15 bits per heavy atom. The van der Waals surface area contributed by atoms with Crippen LogP contribution in [0.5, 0.6) is 0 Å². The smallest absolute Gasteiger partial charge is 0.267 e. The molecule has 0 radical (unpaired) electrons. The van der Waals surface area contributed by atoms with Gasteiger partial charge in [-0.05, 0) is 43.9 Å². The Morgan fingerprint density at radius 3 is 2.92 bits per heavy atom. The molecule has 2 aliphatic carbocycles. The van der Waals surface area contributed by atoms with E-state index in [1.807, 2.05) is 0 Å². The normalized spacial score (nSPS) is 29.2. The first-order valence-electron chi connectivity index (χ1n) is 9.42. The molecule has 1 saturated heterocycles. The summed E-state index contributed by atoms with van der Waals surface area (Å²) in [5, 5.41) is 3.00. The number of nitrogens with zero attached hydrogens (tertiary/aromatic N) is 3. The molecule has 2 unspecified atom stereocenters. The van der Waals surface area contributed by atoms with E-state index in [-0.39, 0.29) is 5.91 Å². The van der Waals surface area contributed by atoms with Gasteiger partial charge in [-0.1, -0.05) is 0 Å². The fourth-order valence-corrected chi connectivity index (χ4v) is 3.90. The highest BCUT2D eigenvalue weighted by atomic mass is 16.5. The molecule has 1 amide bonds. The number of aromatic nitrogens is 2. The molecule has 0 spiro atoms. The quantitative estimate of drug-likeness (QED) is 0.801. The molecule has 1 aromatic heterocycles. The number of hydrogen-bond donors (Lipinski definition) is 2. The van der Waals surface area contributed by atoms with Crippen LogP contribution >= 0.6 is 0 Å². The minimum absolute atomic E-state index is 0.183. The van der Waals surface area contributed by atoms with E-state index < -0.39 is 0 Å². The first-order valence-corrected chi connectivity index (χ1v) is 9.42. The van der Waals surface area contributed by atoms with Crippen molar-refractivity contribution in [3.63, 3.8) is 0 Å². The molecule has 7 nitrogen and oxygen atoms in total. The van der Waals surface area contributed by atoms with E-state index in [4.69, 9.17) is 10.5 Å². The van der Waals surface area contributed by atoms with Crippen molar-refractivity contribution >= 4 is 17.4 Å². The van der Waals surface area contributed by atoms with E-state index in [1.54, 1.807) is 18.6 Å². The van der Waals surface area contributed by atoms with E-state index >= 15 is 0 Å². The van der Waals surface area contributed by atoms with E-state index in [0.717, 1.165) is 56.6 Å². The predicted octanol–water partition coefficient (Wildman–Crippen LogP) is 1.73. The summed E-state index contributed by atoms with van der Waals surface area (Å²) in [6.45, 7) is 2.20. The summed E-state index contributed by atoms with van der Waals surface area (Å²) in [5.41, 5.74) is 8.39. The van der Waals surface area contributed by atoms with E-state index in [2.05, 4.69) is 20.3 Å². The number of ether oxygens (including phenoxy) is 1. The summed E-state index contributed by atoms with van der Waals surface area (Å²) >= 11 is 0. The Morgan fingerprint density at radius 1 is 1.31 bits per heavy atom.